The second kappa shape index (κ2) is 15.9. The number of allylic oxidation sites excluding steroid dienone is 3. The standard InChI is InChI=1S/C38H51F2N3S/c1-7-10-12-17-43(6)18-13-11-14-29-15-16-33(30(9-3)19-29)36-26-44-37(42-36)25-41-28(5)38(22-27(4)8-2)23-31-20-34(39)35(40)21-32(31)24-38/h8,15-16,19-21,26,41H,5,7,9-14,17-18,22-25H2,1-4,6H3/b27-8+. The normalized spacial score (nSPS) is 14.3. The third-order valence-corrected chi connectivity index (χ3v) is 10.1. The predicted molar refractivity (Wildman–Crippen MR) is 183 cm³/mol. The Morgan fingerprint density at radius 2 is 1.73 bits per heavy atom. The maximum atomic E-state index is 14.1. The minimum atomic E-state index is -0.781. The lowest BCUT2D eigenvalue weighted by atomic mass is 9.76. The van der Waals surface area contributed by atoms with Gasteiger partial charge in [-0.3, -0.25) is 0 Å². The van der Waals surface area contributed by atoms with Crippen LogP contribution in [-0.4, -0.2) is 30.0 Å². The molecule has 0 unspecified atom stereocenters. The van der Waals surface area contributed by atoms with Crippen LogP contribution in [0.2, 0.25) is 0 Å². The van der Waals surface area contributed by atoms with Gasteiger partial charge in [-0.25, -0.2) is 13.8 Å². The molecule has 3 aromatic rings. The molecule has 44 heavy (non-hydrogen) atoms. The van der Waals surface area contributed by atoms with Crippen molar-refractivity contribution in [1.29, 1.82) is 0 Å². The topological polar surface area (TPSA) is 28.2 Å². The number of hydrogen-bond donors (Lipinski definition) is 1. The maximum Gasteiger partial charge on any atom is 0.159 e. The average Bonchev–Trinajstić information content (AvgIpc) is 3.63. The van der Waals surface area contributed by atoms with E-state index in [1.807, 2.05) is 6.92 Å². The third-order valence-electron chi connectivity index (χ3n) is 9.28. The van der Waals surface area contributed by atoms with Gasteiger partial charge in [0.25, 0.3) is 0 Å². The van der Waals surface area contributed by atoms with Crippen molar-refractivity contribution < 1.29 is 8.78 Å². The van der Waals surface area contributed by atoms with Crippen molar-refractivity contribution in [2.75, 3.05) is 20.1 Å². The Hall–Kier alpha value is -2.83. The first-order valence-corrected chi connectivity index (χ1v) is 17.3. The van der Waals surface area contributed by atoms with E-state index >= 15 is 0 Å². The largest absolute Gasteiger partial charge is 0.382 e. The molecule has 1 N–H and O–H groups in total. The SMILES string of the molecule is C=C(NCc1nc(-c2ccc(CCCCN(C)CCCCC)cc2CC)cs1)C1(C/C(C)=C/C)Cc2cc(F)c(F)cc2C1. The second-order valence-electron chi connectivity index (χ2n) is 12.8. The summed E-state index contributed by atoms with van der Waals surface area (Å²) in [6, 6.07) is 9.62. The summed E-state index contributed by atoms with van der Waals surface area (Å²) >= 11 is 1.66. The van der Waals surface area contributed by atoms with Crippen LogP contribution in [0.3, 0.4) is 0 Å². The van der Waals surface area contributed by atoms with Crippen LogP contribution in [0.5, 0.6) is 0 Å². The molecular formula is C38H51F2N3S. The number of nitrogens with zero attached hydrogens (tertiary/aromatic N) is 2. The van der Waals surface area contributed by atoms with E-state index in [0.29, 0.717) is 19.4 Å². The van der Waals surface area contributed by atoms with Gasteiger partial charge in [0, 0.05) is 22.1 Å². The summed E-state index contributed by atoms with van der Waals surface area (Å²) in [5.74, 6) is -1.56. The minimum Gasteiger partial charge on any atom is -0.382 e. The van der Waals surface area contributed by atoms with Gasteiger partial charge in [-0.15, -0.1) is 11.3 Å². The summed E-state index contributed by atoms with van der Waals surface area (Å²) in [7, 11) is 2.24. The Labute approximate surface area is 268 Å². The highest BCUT2D eigenvalue weighted by Crippen LogP contribution is 2.46. The third kappa shape index (κ3) is 8.66. The second-order valence-corrected chi connectivity index (χ2v) is 13.7. The summed E-state index contributed by atoms with van der Waals surface area (Å²) in [6.45, 7) is 16.0. The Morgan fingerprint density at radius 3 is 2.36 bits per heavy atom. The maximum absolute atomic E-state index is 14.1. The van der Waals surface area contributed by atoms with E-state index in [9.17, 15) is 8.78 Å². The molecule has 0 atom stereocenters. The summed E-state index contributed by atoms with van der Waals surface area (Å²) in [6.07, 6.45) is 12.6. The zero-order chi connectivity index (χ0) is 31.7. The van der Waals surface area contributed by atoms with Gasteiger partial charge in [0.1, 0.15) is 5.01 Å². The molecule has 0 saturated carbocycles. The van der Waals surface area contributed by atoms with Crippen molar-refractivity contribution in [2.24, 2.45) is 5.41 Å². The molecule has 0 bridgehead atoms. The molecule has 2 aromatic carbocycles. The molecular weight excluding hydrogens is 569 g/mol. The highest BCUT2D eigenvalue weighted by molar-refractivity contribution is 7.09. The molecule has 1 heterocycles. The van der Waals surface area contributed by atoms with Gasteiger partial charge in [-0.2, -0.15) is 0 Å². The number of hydrogen-bond acceptors (Lipinski definition) is 4. The van der Waals surface area contributed by atoms with E-state index in [-0.39, 0.29) is 5.41 Å². The number of aryl methyl sites for hydroxylation is 2. The highest BCUT2D eigenvalue weighted by Gasteiger charge is 2.40. The van der Waals surface area contributed by atoms with Crippen molar-refractivity contribution in [2.45, 2.75) is 98.4 Å². The Kier molecular flexibility index (Phi) is 12.3. The molecule has 1 aliphatic carbocycles. The van der Waals surface area contributed by atoms with Crippen LogP contribution < -0.4 is 5.32 Å². The average molecular weight is 620 g/mol. The first-order valence-electron chi connectivity index (χ1n) is 16.4. The molecule has 1 aliphatic rings. The number of nitrogens with one attached hydrogen (secondary N) is 1. The number of fused-ring (bicyclic) bond motifs is 1. The molecule has 6 heteroatoms. The van der Waals surface area contributed by atoms with Crippen molar-refractivity contribution in [3.63, 3.8) is 0 Å². The van der Waals surface area contributed by atoms with E-state index in [1.165, 1.54) is 79.6 Å². The zero-order valence-electron chi connectivity index (χ0n) is 27.5. The van der Waals surface area contributed by atoms with E-state index < -0.39 is 11.6 Å². The van der Waals surface area contributed by atoms with Crippen LogP contribution in [0.15, 0.2) is 59.6 Å². The number of rotatable bonds is 17. The van der Waals surface area contributed by atoms with E-state index in [1.54, 1.807) is 11.3 Å². The molecule has 238 valence electrons. The fraction of sp³-hybridized carbons (Fsp3) is 0.500. The quantitative estimate of drug-likeness (QED) is 0.120. The molecule has 0 saturated heterocycles. The van der Waals surface area contributed by atoms with Gasteiger partial charge >= 0.3 is 0 Å². The fourth-order valence-electron chi connectivity index (χ4n) is 6.52. The first-order chi connectivity index (χ1) is 21.2. The van der Waals surface area contributed by atoms with Gasteiger partial charge in [-0.05, 0) is 120 Å². The lowest BCUT2D eigenvalue weighted by Gasteiger charge is -2.32. The number of aromatic nitrogens is 1. The molecule has 0 radical (unpaired) electrons. The van der Waals surface area contributed by atoms with Crippen molar-refractivity contribution in [3.05, 3.63) is 98.5 Å². The minimum absolute atomic E-state index is 0.324. The Morgan fingerprint density at radius 1 is 1.05 bits per heavy atom. The van der Waals surface area contributed by atoms with Crippen LogP contribution in [0.1, 0.15) is 93.5 Å². The monoisotopic (exact) mass is 619 g/mol. The molecule has 0 spiro atoms. The van der Waals surface area contributed by atoms with Crippen LogP contribution in [0, 0.1) is 17.0 Å². The smallest absolute Gasteiger partial charge is 0.159 e. The molecule has 1 aromatic heterocycles. The highest BCUT2D eigenvalue weighted by atomic mass is 32.1. The number of thiazole rings is 1. The number of unbranched alkanes of at least 4 members (excludes halogenated alkanes) is 3. The molecule has 0 aliphatic heterocycles. The van der Waals surface area contributed by atoms with Gasteiger partial charge in [0.05, 0.1) is 12.2 Å². The van der Waals surface area contributed by atoms with Crippen LogP contribution in [0.4, 0.5) is 8.78 Å². The number of halogens is 2. The summed E-state index contributed by atoms with van der Waals surface area (Å²) in [5, 5.41) is 6.72. The Balaban J connectivity index is 1.37. The van der Waals surface area contributed by atoms with Crippen LogP contribution in [0.25, 0.3) is 11.3 Å². The van der Waals surface area contributed by atoms with Crippen LogP contribution in [-0.2, 0) is 32.2 Å². The summed E-state index contributed by atoms with van der Waals surface area (Å²) in [5.41, 5.74) is 8.55. The molecule has 0 fully saturated rings. The van der Waals surface area contributed by atoms with Gasteiger partial charge in [0.15, 0.2) is 11.6 Å². The Bertz CT molecular complexity index is 1410. The van der Waals surface area contributed by atoms with Crippen molar-refractivity contribution in [1.82, 2.24) is 15.2 Å². The molecule has 0 amide bonds. The number of benzene rings is 2. The summed E-state index contributed by atoms with van der Waals surface area (Å²) < 4.78 is 28.1. The van der Waals surface area contributed by atoms with Crippen molar-refractivity contribution in [3.8, 4) is 11.3 Å². The summed E-state index contributed by atoms with van der Waals surface area (Å²) in [4.78, 5) is 7.47. The van der Waals surface area contributed by atoms with E-state index in [2.05, 4.69) is 74.3 Å². The molecule has 4 rings (SSSR count). The van der Waals surface area contributed by atoms with E-state index in [0.717, 1.165) is 46.8 Å². The van der Waals surface area contributed by atoms with Crippen molar-refractivity contribution >= 4 is 11.3 Å². The van der Waals surface area contributed by atoms with Gasteiger partial charge < -0.3 is 10.2 Å². The lowest BCUT2D eigenvalue weighted by Crippen LogP contribution is -2.32. The lowest BCUT2D eigenvalue weighted by molar-refractivity contribution is 0.318. The van der Waals surface area contributed by atoms with Crippen LogP contribution >= 0.6 is 11.3 Å². The predicted octanol–water partition coefficient (Wildman–Crippen LogP) is 9.84. The van der Waals surface area contributed by atoms with E-state index in [4.69, 9.17) is 4.98 Å². The zero-order valence-corrected chi connectivity index (χ0v) is 28.3. The molecule has 3 nitrogen and oxygen atoms in total. The first kappa shape index (κ1) is 34.1. The van der Waals surface area contributed by atoms with Gasteiger partial charge in [0.2, 0.25) is 0 Å². The van der Waals surface area contributed by atoms with Gasteiger partial charge in [-0.1, -0.05) is 63.1 Å². The fourth-order valence-corrected chi connectivity index (χ4v) is 7.25.